The number of para-hydroxylation sites is 1. The minimum Gasteiger partial charge on any atom is -0.356 e. The molecule has 8 nitrogen and oxygen atoms in total. The van der Waals surface area contributed by atoms with Crippen molar-refractivity contribution in [1.29, 1.82) is 0 Å². The molecule has 1 aromatic carbocycles. The minimum atomic E-state index is -0.477. The van der Waals surface area contributed by atoms with Gasteiger partial charge in [-0.05, 0) is 18.6 Å². The first-order valence-electron chi connectivity index (χ1n) is 6.85. The molecule has 0 aliphatic carbocycles. The van der Waals surface area contributed by atoms with Crippen LogP contribution in [0.5, 0.6) is 0 Å². The summed E-state index contributed by atoms with van der Waals surface area (Å²) in [5.41, 5.74) is 0.100. The number of hydrogen-bond acceptors (Lipinski definition) is 4. The van der Waals surface area contributed by atoms with Gasteiger partial charge in [0.1, 0.15) is 0 Å². The van der Waals surface area contributed by atoms with Crippen LogP contribution < -0.4 is 16.3 Å². The lowest BCUT2D eigenvalue weighted by molar-refractivity contribution is -0.118. The Morgan fingerprint density at radius 3 is 2.55 bits per heavy atom. The molecule has 0 fully saturated rings. The van der Waals surface area contributed by atoms with Gasteiger partial charge >= 0.3 is 5.69 Å². The fourth-order valence-corrected chi connectivity index (χ4v) is 1.81. The van der Waals surface area contributed by atoms with E-state index >= 15 is 0 Å². The lowest BCUT2D eigenvalue weighted by Crippen LogP contribution is -2.29. The SMILES string of the molecule is CC(=O)NCCCNC(=O)c1nn(-c2ccccc2)c(=O)[nH]1. The average molecular weight is 303 g/mol. The smallest absolute Gasteiger partial charge is 0.348 e. The maximum absolute atomic E-state index is 11.9. The maximum Gasteiger partial charge on any atom is 0.348 e. The van der Waals surface area contributed by atoms with E-state index in [1.807, 2.05) is 6.07 Å². The van der Waals surface area contributed by atoms with Gasteiger partial charge in [-0.2, -0.15) is 4.68 Å². The number of carbonyl (C=O) groups excluding carboxylic acids is 2. The highest BCUT2D eigenvalue weighted by molar-refractivity contribution is 5.90. The van der Waals surface area contributed by atoms with E-state index in [0.29, 0.717) is 25.2 Å². The number of nitrogens with one attached hydrogen (secondary N) is 3. The van der Waals surface area contributed by atoms with E-state index in [4.69, 9.17) is 0 Å². The Labute approximate surface area is 126 Å². The van der Waals surface area contributed by atoms with Crippen LogP contribution in [0.3, 0.4) is 0 Å². The zero-order valence-corrected chi connectivity index (χ0v) is 12.1. The molecule has 0 bridgehead atoms. The van der Waals surface area contributed by atoms with Gasteiger partial charge in [0, 0.05) is 20.0 Å². The molecule has 22 heavy (non-hydrogen) atoms. The van der Waals surface area contributed by atoms with Crippen LogP contribution >= 0.6 is 0 Å². The van der Waals surface area contributed by atoms with E-state index in [-0.39, 0.29) is 11.7 Å². The standard InChI is InChI=1S/C14H17N5O3/c1-10(20)15-8-5-9-16-13(21)12-17-14(22)19(18-12)11-6-3-2-4-7-11/h2-4,6-7H,5,8-9H2,1H3,(H,15,20)(H,16,21)(H,17,18,22). The number of carbonyl (C=O) groups is 2. The van der Waals surface area contributed by atoms with Gasteiger partial charge in [-0.25, -0.2) is 4.79 Å². The van der Waals surface area contributed by atoms with Crippen molar-refractivity contribution in [2.24, 2.45) is 0 Å². The Morgan fingerprint density at radius 1 is 1.18 bits per heavy atom. The van der Waals surface area contributed by atoms with Crippen LogP contribution in [0.2, 0.25) is 0 Å². The van der Waals surface area contributed by atoms with Gasteiger partial charge in [0.05, 0.1) is 5.69 Å². The topological polar surface area (TPSA) is 109 Å². The molecule has 0 saturated heterocycles. The Kier molecular flexibility index (Phi) is 5.07. The molecule has 116 valence electrons. The molecule has 1 heterocycles. The minimum absolute atomic E-state index is 0.0478. The first-order chi connectivity index (χ1) is 10.6. The fourth-order valence-electron chi connectivity index (χ4n) is 1.81. The van der Waals surface area contributed by atoms with Crippen LogP contribution in [0.1, 0.15) is 24.0 Å². The normalized spacial score (nSPS) is 10.2. The summed E-state index contributed by atoms with van der Waals surface area (Å²) in [6.45, 7) is 2.28. The molecule has 0 aliphatic rings. The highest BCUT2D eigenvalue weighted by Gasteiger charge is 2.13. The number of amides is 2. The van der Waals surface area contributed by atoms with Gasteiger partial charge < -0.3 is 10.6 Å². The molecule has 1 aromatic heterocycles. The van der Waals surface area contributed by atoms with Gasteiger partial charge in [-0.15, -0.1) is 5.10 Å². The van der Waals surface area contributed by atoms with Crippen LogP contribution in [0, 0.1) is 0 Å². The first kappa shape index (κ1) is 15.5. The molecule has 0 spiro atoms. The van der Waals surface area contributed by atoms with Crippen molar-refractivity contribution in [2.75, 3.05) is 13.1 Å². The van der Waals surface area contributed by atoms with Gasteiger partial charge in [0.15, 0.2) is 0 Å². The van der Waals surface area contributed by atoms with Crippen LogP contribution in [0.15, 0.2) is 35.1 Å². The molecule has 2 amide bonds. The number of rotatable bonds is 6. The summed E-state index contributed by atoms with van der Waals surface area (Å²) in [7, 11) is 0. The summed E-state index contributed by atoms with van der Waals surface area (Å²) in [5, 5.41) is 9.23. The Balaban J connectivity index is 1.94. The van der Waals surface area contributed by atoms with Crippen molar-refractivity contribution >= 4 is 11.8 Å². The number of aromatic nitrogens is 3. The number of benzene rings is 1. The second-order valence-corrected chi connectivity index (χ2v) is 4.62. The highest BCUT2D eigenvalue weighted by Crippen LogP contribution is 2.01. The first-order valence-corrected chi connectivity index (χ1v) is 6.85. The molecule has 3 N–H and O–H groups in total. The van der Waals surface area contributed by atoms with Gasteiger partial charge in [-0.1, -0.05) is 18.2 Å². The molecule has 2 rings (SSSR count). The third kappa shape index (κ3) is 4.05. The molecular formula is C14H17N5O3. The van der Waals surface area contributed by atoms with Gasteiger partial charge in [-0.3, -0.25) is 14.6 Å². The van der Waals surface area contributed by atoms with Crippen LogP contribution in [0.4, 0.5) is 0 Å². The van der Waals surface area contributed by atoms with Crippen LogP contribution in [0.25, 0.3) is 5.69 Å². The molecule has 0 aliphatic heterocycles. The summed E-state index contributed by atoms with van der Waals surface area (Å²) < 4.78 is 1.13. The van der Waals surface area contributed by atoms with Crippen molar-refractivity contribution in [1.82, 2.24) is 25.4 Å². The third-order valence-electron chi connectivity index (χ3n) is 2.85. The van der Waals surface area contributed by atoms with E-state index < -0.39 is 11.6 Å². The molecule has 0 atom stereocenters. The third-order valence-corrected chi connectivity index (χ3v) is 2.85. The van der Waals surface area contributed by atoms with Gasteiger partial charge in [0.2, 0.25) is 11.7 Å². The predicted molar refractivity (Wildman–Crippen MR) is 79.8 cm³/mol. The maximum atomic E-state index is 11.9. The van der Waals surface area contributed by atoms with E-state index in [0.717, 1.165) is 4.68 Å². The second kappa shape index (κ2) is 7.21. The zero-order valence-electron chi connectivity index (χ0n) is 12.1. The molecule has 8 heteroatoms. The Morgan fingerprint density at radius 2 is 1.86 bits per heavy atom. The lowest BCUT2D eigenvalue weighted by atomic mass is 10.3. The molecule has 0 radical (unpaired) electrons. The van der Waals surface area contributed by atoms with Crippen molar-refractivity contribution < 1.29 is 9.59 Å². The lowest BCUT2D eigenvalue weighted by Gasteiger charge is -2.03. The fraction of sp³-hybridized carbons (Fsp3) is 0.286. The number of H-pyrrole nitrogens is 1. The largest absolute Gasteiger partial charge is 0.356 e. The molecule has 0 saturated carbocycles. The quantitative estimate of drug-likeness (QED) is 0.643. The van der Waals surface area contributed by atoms with Crippen LogP contribution in [-0.4, -0.2) is 39.7 Å². The Bertz CT molecular complexity index is 705. The van der Waals surface area contributed by atoms with Crippen molar-refractivity contribution in [3.05, 3.63) is 46.6 Å². The average Bonchev–Trinajstić information content (AvgIpc) is 2.89. The molecular weight excluding hydrogens is 286 g/mol. The number of hydrogen-bond donors (Lipinski definition) is 3. The Hall–Kier alpha value is -2.90. The summed E-state index contributed by atoms with van der Waals surface area (Å²) in [6.07, 6.45) is 0.592. The summed E-state index contributed by atoms with van der Waals surface area (Å²) in [6, 6.07) is 8.81. The monoisotopic (exact) mass is 303 g/mol. The van der Waals surface area contributed by atoms with E-state index in [2.05, 4.69) is 20.7 Å². The van der Waals surface area contributed by atoms with Crippen molar-refractivity contribution in [3.63, 3.8) is 0 Å². The van der Waals surface area contributed by atoms with E-state index in [1.54, 1.807) is 24.3 Å². The second-order valence-electron chi connectivity index (χ2n) is 4.62. The zero-order chi connectivity index (χ0) is 15.9. The van der Waals surface area contributed by atoms with Crippen molar-refractivity contribution in [2.45, 2.75) is 13.3 Å². The summed E-state index contributed by atoms with van der Waals surface area (Å²) in [5.74, 6) is -0.625. The predicted octanol–water partition coefficient (Wildman–Crippen LogP) is -0.183. The highest BCUT2D eigenvalue weighted by atomic mass is 16.2. The summed E-state index contributed by atoms with van der Waals surface area (Å²) >= 11 is 0. The molecule has 2 aromatic rings. The van der Waals surface area contributed by atoms with E-state index in [1.165, 1.54) is 6.92 Å². The summed E-state index contributed by atoms with van der Waals surface area (Å²) in [4.78, 5) is 36.8. The van der Waals surface area contributed by atoms with Crippen molar-refractivity contribution in [3.8, 4) is 5.69 Å². The van der Waals surface area contributed by atoms with Crippen LogP contribution in [-0.2, 0) is 4.79 Å². The van der Waals surface area contributed by atoms with Gasteiger partial charge in [0.25, 0.3) is 5.91 Å². The molecule has 0 unspecified atom stereocenters. The number of nitrogens with zero attached hydrogens (tertiary/aromatic N) is 2. The number of aromatic amines is 1. The van der Waals surface area contributed by atoms with E-state index in [9.17, 15) is 14.4 Å².